The molecule has 1 unspecified atom stereocenters. The predicted octanol–water partition coefficient (Wildman–Crippen LogP) is 2.48. The van der Waals surface area contributed by atoms with Crippen LogP contribution in [0, 0.1) is 17.7 Å². The summed E-state index contributed by atoms with van der Waals surface area (Å²) < 4.78 is 13.3. The molecule has 1 aromatic carbocycles. The molecule has 0 aromatic heterocycles. The van der Waals surface area contributed by atoms with Gasteiger partial charge in [-0.3, -0.25) is 4.79 Å². The van der Waals surface area contributed by atoms with Gasteiger partial charge in [-0.25, -0.2) is 4.39 Å². The van der Waals surface area contributed by atoms with E-state index in [0.717, 1.165) is 12.8 Å². The molecule has 2 nitrogen and oxygen atoms in total. The zero-order valence-electron chi connectivity index (χ0n) is 8.32. The Labute approximate surface area is 87.7 Å². The summed E-state index contributed by atoms with van der Waals surface area (Å²) in [5.74, 6) is -1.27. The summed E-state index contributed by atoms with van der Waals surface area (Å²) in [5, 5.41) is 9.01. The molecule has 0 amide bonds. The van der Waals surface area contributed by atoms with Gasteiger partial charge >= 0.3 is 5.97 Å². The third-order valence-electron chi connectivity index (χ3n) is 2.91. The zero-order chi connectivity index (χ0) is 10.8. The minimum atomic E-state index is -0.805. The van der Waals surface area contributed by atoms with Crippen molar-refractivity contribution in [3.05, 3.63) is 35.6 Å². The van der Waals surface area contributed by atoms with Crippen molar-refractivity contribution >= 4 is 5.97 Å². The first-order valence-corrected chi connectivity index (χ1v) is 5.14. The monoisotopic (exact) mass is 208 g/mol. The molecule has 3 heteroatoms. The highest BCUT2D eigenvalue weighted by Gasteiger charge is 2.36. The van der Waals surface area contributed by atoms with E-state index in [1.165, 1.54) is 6.07 Å². The molecule has 0 bridgehead atoms. The molecule has 1 atom stereocenters. The third-order valence-corrected chi connectivity index (χ3v) is 2.91. The Morgan fingerprint density at radius 2 is 2.13 bits per heavy atom. The van der Waals surface area contributed by atoms with E-state index in [2.05, 4.69) is 0 Å². The number of carboxylic acid groups (broad SMARTS) is 1. The van der Waals surface area contributed by atoms with Gasteiger partial charge in [-0.05, 0) is 36.8 Å². The zero-order valence-corrected chi connectivity index (χ0v) is 8.32. The van der Waals surface area contributed by atoms with Gasteiger partial charge in [0.05, 0.1) is 5.92 Å². The summed E-state index contributed by atoms with van der Waals surface area (Å²) in [4.78, 5) is 11.0. The van der Waals surface area contributed by atoms with Gasteiger partial charge in [0.25, 0.3) is 0 Å². The maximum atomic E-state index is 13.3. The Hall–Kier alpha value is -1.38. The first-order valence-electron chi connectivity index (χ1n) is 5.14. The average molecular weight is 208 g/mol. The standard InChI is InChI=1S/C12H13FO2/c13-11-4-2-1-3-9(11)7-10(12(14)15)8-5-6-8/h1-4,8,10H,5-7H2,(H,14,15). The topological polar surface area (TPSA) is 37.3 Å². The molecule has 80 valence electrons. The van der Waals surface area contributed by atoms with Crippen molar-refractivity contribution in [2.75, 3.05) is 0 Å². The van der Waals surface area contributed by atoms with Crippen LogP contribution in [-0.2, 0) is 11.2 Å². The molecule has 1 aliphatic rings. The van der Waals surface area contributed by atoms with E-state index in [-0.39, 0.29) is 11.7 Å². The van der Waals surface area contributed by atoms with Crippen LogP contribution in [0.3, 0.4) is 0 Å². The highest BCUT2D eigenvalue weighted by molar-refractivity contribution is 5.71. The molecule has 1 aromatic rings. The Balaban J connectivity index is 2.12. The second kappa shape index (κ2) is 4.01. The summed E-state index contributed by atoms with van der Waals surface area (Å²) in [6, 6.07) is 6.39. The minimum absolute atomic E-state index is 0.252. The number of hydrogen-bond acceptors (Lipinski definition) is 1. The van der Waals surface area contributed by atoms with Gasteiger partial charge in [0.1, 0.15) is 5.82 Å². The van der Waals surface area contributed by atoms with Crippen molar-refractivity contribution in [1.82, 2.24) is 0 Å². The van der Waals surface area contributed by atoms with Crippen LogP contribution in [0.5, 0.6) is 0 Å². The molecule has 1 fully saturated rings. The summed E-state index contributed by atoms with van der Waals surface area (Å²) in [5.41, 5.74) is 0.511. The molecule has 1 N–H and O–H groups in total. The lowest BCUT2D eigenvalue weighted by atomic mass is 9.95. The van der Waals surface area contributed by atoms with E-state index >= 15 is 0 Å². The number of halogens is 1. The maximum absolute atomic E-state index is 13.3. The number of carboxylic acids is 1. The fraction of sp³-hybridized carbons (Fsp3) is 0.417. The second-order valence-corrected chi connectivity index (χ2v) is 4.08. The van der Waals surface area contributed by atoms with Crippen LogP contribution in [0.15, 0.2) is 24.3 Å². The van der Waals surface area contributed by atoms with E-state index in [9.17, 15) is 9.18 Å². The normalized spacial score (nSPS) is 17.4. The number of carbonyl (C=O) groups is 1. The molecule has 1 saturated carbocycles. The molecular weight excluding hydrogens is 195 g/mol. The quantitative estimate of drug-likeness (QED) is 0.825. The van der Waals surface area contributed by atoms with Crippen LogP contribution in [0.1, 0.15) is 18.4 Å². The van der Waals surface area contributed by atoms with Crippen LogP contribution < -0.4 is 0 Å². The van der Waals surface area contributed by atoms with Crippen LogP contribution >= 0.6 is 0 Å². The van der Waals surface area contributed by atoms with Gasteiger partial charge < -0.3 is 5.11 Å². The van der Waals surface area contributed by atoms with E-state index in [1.54, 1.807) is 18.2 Å². The first-order chi connectivity index (χ1) is 7.18. The Bertz CT molecular complexity index is 372. The van der Waals surface area contributed by atoms with Gasteiger partial charge in [-0.1, -0.05) is 18.2 Å². The molecule has 1 aliphatic carbocycles. The van der Waals surface area contributed by atoms with Crippen LogP contribution in [-0.4, -0.2) is 11.1 Å². The molecular formula is C12H13FO2. The highest BCUT2D eigenvalue weighted by Crippen LogP contribution is 2.38. The SMILES string of the molecule is O=C(O)C(Cc1ccccc1F)C1CC1. The molecule has 0 heterocycles. The fourth-order valence-corrected chi connectivity index (χ4v) is 1.86. The van der Waals surface area contributed by atoms with Gasteiger partial charge in [-0.15, -0.1) is 0 Å². The lowest BCUT2D eigenvalue weighted by Crippen LogP contribution is -2.19. The van der Waals surface area contributed by atoms with E-state index in [4.69, 9.17) is 5.11 Å². The summed E-state index contributed by atoms with van der Waals surface area (Å²) in [7, 11) is 0. The van der Waals surface area contributed by atoms with Crippen molar-refractivity contribution < 1.29 is 14.3 Å². The van der Waals surface area contributed by atoms with E-state index in [1.807, 2.05) is 0 Å². The number of rotatable bonds is 4. The van der Waals surface area contributed by atoms with E-state index < -0.39 is 11.9 Å². The van der Waals surface area contributed by atoms with Gasteiger partial charge in [0.2, 0.25) is 0 Å². The lowest BCUT2D eigenvalue weighted by molar-refractivity contribution is -0.142. The Kier molecular flexibility index (Phi) is 2.71. The van der Waals surface area contributed by atoms with Gasteiger partial charge in [0, 0.05) is 0 Å². The highest BCUT2D eigenvalue weighted by atomic mass is 19.1. The average Bonchev–Trinajstić information content (AvgIpc) is 2.99. The summed E-state index contributed by atoms with van der Waals surface area (Å²) in [6.45, 7) is 0. The van der Waals surface area contributed by atoms with Crippen LogP contribution in [0.4, 0.5) is 4.39 Å². The number of hydrogen-bond donors (Lipinski definition) is 1. The number of benzene rings is 1. The van der Waals surface area contributed by atoms with Crippen molar-refractivity contribution in [1.29, 1.82) is 0 Å². The third kappa shape index (κ3) is 2.35. The first kappa shape index (κ1) is 10.1. The lowest BCUT2D eigenvalue weighted by Gasteiger charge is -2.11. The summed E-state index contributed by atoms with van der Waals surface area (Å²) >= 11 is 0. The fourth-order valence-electron chi connectivity index (χ4n) is 1.86. The van der Waals surface area contributed by atoms with Crippen molar-refractivity contribution in [2.24, 2.45) is 11.8 Å². The van der Waals surface area contributed by atoms with Crippen LogP contribution in [0.25, 0.3) is 0 Å². The van der Waals surface area contributed by atoms with Crippen LogP contribution in [0.2, 0.25) is 0 Å². The molecule has 0 spiro atoms. The molecule has 2 rings (SSSR count). The van der Waals surface area contributed by atoms with Crippen molar-refractivity contribution in [3.8, 4) is 0 Å². The molecule has 15 heavy (non-hydrogen) atoms. The second-order valence-electron chi connectivity index (χ2n) is 4.08. The molecule has 0 radical (unpaired) electrons. The molecule has 0 saturated heterocycles. The van der Waals surface area contributed by atoms with E-state index in [0.29, 0.717) is 12.0 Å². The van der Waals surface area contributed by atoms with Gasteiger partial charge in [-0.2, -0.15) is 0 Å². The Morgan fingerprint density at radius 3 is 2.67 bits per heavy atom. The summed E-state index contributed by atoms with van der Waals surface area (Å²) in [6.07, 6.45) is 2.24. The van der Waals surface area contributed by atoms with Crippen molar-refractivity contribution in [2.45, 2.75) is 19.3 Å². The van der Waals surface area contributed by atoms with Gasteiger partial charge in [0.15, 0.2) is 0 Å². The predicted molar refractivity (Wildman–Crippen MR) is 54.0 cm³/mol. The van der Waals surface area contributed by atoms with Crippen molar-refractivity contribution in [3.63, 3.8) is 0 Å². The Morgan fingerprint density at radius 1 is 1.47 bits per heavy atom. The minimum Gasteiger partial charge on any atom is -0.481 e. The largest absolute Gasteiger partial charge is 0.481 e. The maximum Gasteiger partial charge on any atom is 0.307 e. The smallest absolute Gasteiger partial charge is 0.307 e. The molecule has 0 aliphatic heterocycles. The number of aliphatic carboxylic acids is 1.